The lowest BCUT2D eigenvalue weighted by Gasteiger charge is -2.24. The van der Waals surface area contributed by atoms with E-state index in [2.05, 4.69) is 42.5 Å². The van der Waals surface area contributed by atoms with E-state index >= 15 is 0 Å². The molecule has 1 aliphatic rings. The maximum Gasteiger partial charge on any atom is 0.143 e. The van der Waals surface area contributed by atoms with E-state index in [9.17, 15) is 5.48 Å². The van der Waals surface area contributed by atoms with E-state index in [-0.39, 0.29) is 62.1 Å². The summed E-state index contributed by atoms with van der Waals surface area (Å²) >= 11 is 0. The fraction of sp³-hybridized carbons (Fsp3) is 0. The van der Waals surface area contributed by atoms with Crippen molar-refractivity contribution in [3.8, 4) is 56.0 Å². The van der Waals surface area contributed by atoms with Gasteiger partial charge in [-0.15, -0.1) is 0 Å². The first kappa shape index (κ1) is 19.4. The normalized spacial score (nSPS) is 14.8. The Balaban J connectivity index is 1.24. The zero-order valence-electron chi connectivity index (χ0n) is 34.9. The molecule has 11 rings (SSSR count). The zero-order valence-corrected chi connectivity index (χ0v) is 25.9. The van der Waals surface area contributed by atoms with E-state index in [0.717, 1.165) is 66.4 Å². The van der Waals surface area contributed by atoms with E-state index in [1.165, 1.54) is 0 Å². The predicted octanol–water partition coefficient (Wildman–Crippen LogP) is 13.7. The lowest BCUT2D eigenvalue weighted by molar-refractivity contribution is 0.493. The summed E-state index contributed by atoms with van der Waals surface area (Å²) in [5.74, 6) is 1.54. The van der Waals surface area contributed by atoms with Gasteiger partial charge in [-0.3, -0.25) is 0 Å². The van der Waals surface area contributed by atoms with E-state index < -0.39 is 30.2 Å². The first-order chi connectivity index (χ1) is 28.0. The van der Waals surface area contributed by atoms with Gasteiger partial charge in [0, 0.05) is 16.3 Å². The van der Waals surface area contributed by atoms with Crippen LogP contribution in [-0.2, 0) is 0 Å². The maximum absolute atomic E-state index is 9.51. The van der Waals surface area contributed by atoms with Gasteiger partial charge in [-0.2, -0.15) is 0 Å². The molecule has 0 amide bonds. The summed E-state index contributed by atoms with van der Waals surface area (Å²) < 4.78 is 88.0. The highest BCUT2D eigenvalue weighted by molar-refractivity contribution is 6.25. The van der Waals surface area contributed by atoms with Crippen LogP contribution in [0.15, 0.2) is 170 Å². The van der Waals surface area contributed by atoms with Crippen LogP contribution >= 0.6 is 0 Å². The summed E-state index contributed by atoms with van der Waals surface area (Å²) in [6.45, 7) is 0. The topological polar surface area (TPSA) is 9.23 Å². The molecule has 0 N–H and O–H groups in total. The highest BCUT2D eigenvalue weighted by Gasteiger charge is 2.24. The van der Waals surface area contributed by atoms with Crippen molar-refractivity contribution in [1.29, 1.82) is 0 Å². The number of ether oxygens (including phenoxy) is 1. The molecule has 49 heavy (non-hydrogen) atoms. The zero-order chi connectivity index (χ0) is 39.9. The van der Waals surface area contributed by atoms with Crippen LogP contribution in [0.4, 0.5) is 0 Å². The van der Waals surface area contributed by atoms with E-state index in [4.69, 9.17) is 11.6 Å². The number of hydrogen-bond donors (Lipinski definition) is 0. The summed E-state index contributed by atoms with van der Waals surface area (Å²) in [6.07, 6.45) is 0. The first-order valence-corrected chi connectivity index (χ1v) is 16.2. The molecule has 0 unspecified atom stereocenters. The second-order valence-electron chi connectivity index (χ2n) is 12.5. The molecule has 1 nitrogen and oxygen atoms in total. The number of benzene rings is 10. The fourth-order valence-corrected chi connectivity index (χ4v) is 7.61. The highest BCUT2D eigenvalue weighted by Crippen LogP contribution is 2.51. The molecular weight excluding hydrogens is 593 g/mol. The third-order valence-corrected chi connectivity index (χ3v) is 9.84. The van der Waals surface area contributed by atoms with Gasteiger partial charge in [-0.05, 0) is 112 Å². The Morgan fingerprint density at radius 2 is 1.06 bits per heavy atom. The molecule has 0 aliphatic carbocycles. The molecule has 0 radical (unpaired) electrons. The SMILES string of the molecule is [2H]c1c([2H])c2c([2H])c([2H])c3c([2H])c([2H])c(-c4cc(-c5ccccc5)cc(-c5ccc6c7c(cccc57)-c5ccc7ccccc7c5O6)c4)c4c([2H])c([2H])c(c1[2H])c2c34. The molecule has 1 heteroatoms. The molecule has 0 saturated heterocycles. The Bertz CT molecular complexity index is 3450. The van der Waals surface area contributed by atoms with Gasteiger partial charge in [-0.1, -0.05) is 139 Å². The lowest BCUT2D eigenvalue weighted by Crippen LogP contribution is -1.99. The van der Waals surface area contributed by atoms with Gasteiger partial charge in [0.2, 0.25) is 0 Å². The van der Waals surface area contributed by atoms with Gasteiger partial charge in [0.25, 0.3) is 0 Å². The monoisotopic (exact) mass is 629 g/mol. The molecule has 0 fully saturated rings. The van der Waals surface area contributed by atoms with E-state index in [1.807, 2.05) is 72.8 Å². The second kappa shape index (κ2) is 10.0. The minimum atomic E-state index is -0.498. The van der Waals surface area contributed by atoms with Crippen LogP contribution in [0, 0.1) is 0 Å². The number of hydrogen-bond acceptors (Lipinski definition) is 1. The Morgan fingerprint density at radius 3 is 1.94 bits per heavy atom. The van der Waals surface area contributed by atoms with Crippen LogP contribution in [-0.4, -0.2) is 0 Å². The molecule has 10 aromatic carbocycles. The molecule has 1 aliphatic heterocycles. The summed E-state index contributed by atoms with van der Waals surface area (Å²) in [4.78, 5) is 0. The van der Waals surface area contributed by atoms with Crippen LogP contribution in [0.3, 0.4) is 0 Å². The standard InChI is InChI=1S/C48H28O/c1-2-8-29(9-3-1)34-26-35(37-21-19-33-17-16-31-11-6-12-32-20-22-42(37)46(33)45(31)32)28-36(27-34)38-24-25-44-47-40(38)14-7-15-41(47)43-23-18-30-10-4-5-13-39(30)48(43)49-44/h1-28H/i6D,11D,12D,16D,17D,19D,20D,21D,22D. The third-order valence-electron chi connectivity index (χ3n) is 9.84. The maximum atomic E-state index is 9.51. The fourth-order valence-electron chi connectivity index (χ4n) is 7.61. The molecule has 10 aromatic rings. The molecule has 0 aromatic heterocycles. The molecular formula is C48H28O. The summed E-state index contributed by atoms with van der Waals surface area (Å²) in [5.41, 5.74) is 6.14. The van der Waals surface area contributed by atoms with Crippen molar-refractivity contribution in [2.75, 3.05) is 0 Å². The predicted molar refractivity (Wildman–Crippen MR) is 207 cm³/mol. The lowest BCUT2D eigenvalue weighted by atomic mass is 9.86. The molecule has 0 spiro atoms. The average Bonchev–Trinajstić information content (AvgIpc) is 3.24. The summed E-state index contributed by atoms with van der Waals surface area (Å²) in [7, 11) is 0. The average molecular weight is 630 g/mol. The van der Waals surface area contributed by atoms with Gasteiger partial charge in [-0.25, -0.2) is 0 Å². The van der Waals surface area contributed by atoms with Crippen molar-refractivity contribution in [1.82, 2.24) is 0 Å². The number of fused-ring (bicyclic) bond motifs is 4. The summed E-state index contributed by atoms with van der Waals surface area (Å²) in [6, 6.07) is 34.9. The number of rotatable bonds is 3. The van der Waals surface area contributed by atoms with Crippen molar-refractivity contribution < 1.29 is 17.1 Å². The van der Waals surface area contributed by atoms with Crippen LogP contribution in [0.25, 0.3) is 98.4 Å². The summed E-state index contributed by atoms with van der Waals surface area (Å²) in [5, 5.41) is 4.26. The van der Waals surface area contributed by atoms with Gasteiger partial charge in [0.1, 0.15) is 11.5 Å². The molecule has 0 bridgehead atoms. The van der Waals surface area contributed by atoms with Crippen molar-refractivity contribution in [3.05, 3.63) is 170 Å². The first-order valence-electron chi connectivity index (χ1n) is 20.7. The van der Waals surface area contributed by atoms with Crippen molar-refractivity contribution >= 4 is 53.9 Å². The Kier molecular flexibility index (Phi) is 3.97. The second-order valence-corrected chi connectivity index (χ2v) is 12.5. The Labute approximate surface area is 296 Å². The highest BCUT2D eigenvalue weighted by atomic mass is 16.5. The van der Waals surface area contributed by atoms with Crippen LogP contribution in [0.1, 0.15) is 12.3 Å². The Hall–Kier alpha value is -6.44. The minimum Gasteiger partial charge on any atom is -0.455 e. The molecule has 1 heterocycles. The van der Waals surface area contributed by atoms with Gasteiger partial charge >= 0.3 is 0 Å². The van der Waals surface area contributed by atoms with Gasteiger partial charge in [0.15, 0.2) is 0 Å². The van der Waals surface area contributed by atoms with E-state index in [0.29, 0.717) is 5.56 Å². The smallest absolute Gasteiger partial charge is 0.143 e. The molecule has 0 saturated carbocycles. The Morgan fingerprint density at radius 1 is 0.367 bits per heavy atom. The van der Waals surface area contributed by atoms with Crippen LogP contribution in [0.5, 0.6) is 11.5 Å². The van der Waals surface area contributed by atoms with Crippen molar-refractivity contribution in [3.63, 3.8) is 0 Å². The van der Waals surface area contributed by atoms with E-state index in [1.54, 1.807) is 0 Å². The van der Waals surface area contributed by atoms with Crippen molar-refractivity contribution in [2.45, 2.75) is 0 Å². The molecule has 226 valence electrons. The van der Waals surface area contributed by atoms with Gasteiger partial charge < -0.3 is 4.74 Å². The largest absolute Gasteiger partial charge is 0.455 e. The molecule has 0 atom stereocenters. The van der Waals surface area contributed by atoms with Gasteiger partial charge in [0.05, 0.1) is 12.3 Å². The quantitative estimate of drug-likeness (QED) is 0.177. The van der Waals surface area contributed by atoms with Crippen LogP contribution in [0.2, 0.25) is 0 Å². The van der Waals surface area contributed by atoms with Crippen LogP contribution < -0.4 is 4.74 Å². The minimum absolute atomic E-state index is 0.0488. The third kappa shape index (κ3) is 3.87. The van der Waals surface area contributed by atoms with Crippen molar-refractivity contribution in [2.24, 2.45) is 0 Å².